The Kier molecular flexibility index (Phi) is 5.02. The van der Waals surface area contributed by atoms with Gasteiger partial charge >= 0.3 is 0 Å². The van der Waals surface area contributed by atoms with Crippen LogP contribution in [0.3, 0.4) is 0 Å². The van der Waals surface area contributed by atoms with Gasteiger partial charge in [0.25, 0.3) is 0 Å². The van der Waals surface area contributed by atoms with Gasteiger partial charge in [-0.05, 0) is 20.3 Å². The molecule has 1 unspecified atom stereocenters. The molecular formula is C11H17BrN2O. The molecule has 0 aliphatic heterocycles. The normalized spacial score (nSPS) is 12.5. The van der Waals surface area contributed by atoms with Crippen LogP contribution in [0.4, 0.5) is 0 Å². The highest BCUT2D eigenvalue weighted by molar-refractivity contribution is 9.09. The molecule has 0 N–H and O–H groups in total. The number of hydrogen-bond donors (Lipinski definition) is 0. The lowest BCUT2D eigenvalue weighted by Gasteiger charge is -2.08. The minimum absolute atomic E-state index is 0.473. The molecular weight excluding hydrogens is 256 g/mol. The van der Waals surface area contributed by atoms with Crippen LogP contribution >= 0.6 is 15.9 Å². The third kappa shape index (κ3) is 4.16. The first-order valence-corrected chi connectivity index (χ1v) is 6.18. The predicted octanol–water partition coefficient (Wildman–Crippen LogP) is 2.90. The molecule has 0 spiro atoms. The number of rotatable bonds is 5. The number of alkyl halides is 1. The second-order valence-corrected chi connectivity index (χ2v) is 4.68. The maximum Gasteiger partial charge on any atom is 0.216 e. The predicted molar refractivity (Wildman–Crippen MR) is 64.6 cm³/mol. The van der Waals surface area contributed by atoms with Crippen molar-refractivity contribution in [2.24, 2.45) is 0 Å². The molecule has 1 rings (SSSR count). The standard InChI is InChI=1S/C11H17BrN2O/c1-4-9(12)6-10-7-11(15-5-2)14-8(3)13-10/h7,9H,4-6H2,1-3H3. The highest BCUT2D eigenvalue weighted by Crippen LogP contribution is 2.15. The molecule has 0 radical (unpaired) electrons. The molecule has 0 aromatic carbocycles. The van der Waals surface area contributed by atoms with E-state index >= 15 is 0 Å². The first kappa shape index (κ1) is 12.4. The minimum atomic E-state index is 0.473. The number of aromatic nitrogens is 2. The fraction of sp³-hybridized carbons (Fsp3) is 0.636. The molecule has 0 aliphatic rings. The molecule has 4 heteroatoms. The summed E-state index contributed by atoms with van der Waals surface area (Å²) in [5.74, 6) is 1.45. The highest BCUT2D eigenvalue weighted by Gasteiger charge is 2.07. The van der Waals surface area contributed by atoms with E-state index in [2.05, 4.69) is 32.8 Å². The summed E-state index contributed by atoms with van der Waals surface area (Å²) in [5.41, 5.74) is 1.04. The molecule has 15 heavy (non-hydrogen) atoms. The van der Waals surface area contributed by atoms with E-state index in [0.29, 0.717) is 17.3 Å². The van der Waals surface area contributed by atoms with Crippen molar-refractivity contribution in [2.45, 2.75) is 38.4 Å². The number of nitrogens with zero attached hydrogens (tertiary/aromatic N) is 2. The average molecular weight is 273 g/mol. The van der Waals surface area contributed by atoms with E-state index in [0.717, 1.165) is 24.4 Å². The number of halogens is 1. The van der Waals surface area contributed by atoms with Gasteiger partial charge in [0.2, 0.25) is 5.88 Å². The van der Waals surface area contributed by atoms with Crippen molar-refractivity contribution in [1.82, 2.24) is 9.97 Å². The van der Waals surface area contributed by atoms with Crippen LogP contribution in [0.15, 0.2) is 6.07 Å². The first-order valence-electron chi connectivity index (χ1n) is 5.27. The van der Waals surface area contributed by atoms with E-state index in [9.17, 15) is 0 Å². The molecule has 3 nitrogen and oxygen atoms in total. The zero-order valence-corrected chi connectivity index (χ0v) is 11.0. The molecule has 1 aromatic heterocycles. The molecule has 1 aromatic rings. The monoisotopic (exact) mass is 272 g/mol. The van der Waals surface area contributed by atoms with E-state index in [1.54, 1.807) is 0 Å². The van der Waals surface area contributed by atoms with Crippen LogP contribution in [0.25, 0.3) is 0 Å². The Morgan fingerprint density at radius 3 is 2.73 bits per heavy atom. The lowest BCUT2D eigenvalue weighted by Crippen LogP contribution is -2.06. The lowest BCUT2D eigenvalue weighted by molar-refractivity contribution is 0.324. The van der Waals surface area contributed by atoms with E-state index in [1.165, 1.54) is 0 Å². The van der Waals surface area contributed by atoms with Crippen molar-refractivity contribution >= 4 is 15.9 Å². The van der Waals surface area contributed by atoms with Crippen LogP contribution in [0.5, 0.6) is 5.88 Å². The summed E-state index contributed by atoms with van der Waals surface area (Å²) < 4.78 is 5.38. The molecule has 0 saturated heterocycles. The molecule has 0 saturated carbocycles. The molecule has 1 heterocycles. The van der Waals surface area contributed by atoms with E-state index < -0.39 is 0 Å². The maximum atomic E-state index is 5.38. The van der Waals surface area contributed by atoms with Gasteiger partial charge in [-0.1, -0.05) is 22.9 Å². The number of hydrogen-bond acceptors (Lipinski definition) is 3. The van der Waals surface area contributed by atoms with Crippen molar-refractivity contribution in [3.8, 4) is 5.88 Å². The number of ether oxygens (including phenoxy) is 1. The van der Waals surface area contributed by atoms with Crippen LogP contribution in [-0.4, -0.2) is 21.4 Å². The summed E-state index contributed by atoms with van der Waals surface area (Å²) >= 11 is 3.60. The van der Waals surface area contributed by atoms with E-state index in [-0.39, 0.29) is 0 Å². The van der Waals surface area contributed by atoms with Crippen molar-refractivity contribution in [3.63, 3.8) is 0 Å². The van der Waals surface area contributed by atoms with E-state index in [4.69, 9.17) is 4.74 Å². The molecule has 0 aliphatic carbocycles. The van der Waals surface area contributed by atoms with Crippen molar-refractivity contribution < 1.29 is 4.74 Å². The Morgan fingerprint density at radius 2 is 2.13 bits per heavy atom. The Balaban J connectivity index is 2.78. The van der Waals surface area contributed by atoms with Crippen LogP contribution in [0.1, 0.15) is 31.8 Å². The zero-order valence-electron chi connectivity index (χ0n) is 9.46. The molecule has 0 bridgehead atoms. The van der Waals surface area contributed by atoms with Crippen LogP contribution in [-0.2, 0) is 6.42 Å². The van der Waals surface area contributed by atoms with Crippen molar-refractivity contribution in [1.29, 1.82) is 0 Å². The molecule has 0 fully saturated rings. The number of aryl methyl sites for hydroxylation is 1. The van der Waals surface area contributed by atoms with Crippen LogP contribution < -0.4 is 4.74 Å². The summed E-state index contributed by atoms with van der Waals surface area (Å²) in [5, 5.41) is 0. The Bertz CT molecular complexity index is 317. The van der Waals surface area contributed by atoms with Gasteiger partial charge in [-0.2, -0.15) is 4.98 Å². The Morgan fingerprint density at radius 1 is 1.40 bits per heavy atom. The average Bonchev–Trinajstić information content (AvgIpc) is 2.17. The third-order valence-electron chi connectivity index (χ3n) is 2.03. The van der Waals surface area contributed by atoms with Crippen molar-refractivity contribution in [2.75, 3.05) is 6.61 Å². The molecule has 1 atom stereocenters. The van der Waals surface area contributed by atoms with Crippen LogP contribution in [0, 0.1) is 6.92 Å². The van der Waals surface area contributed by atoms with Crippen molar-refractivity contribution in [3.05, 3.63) is 17.6 Å². The zero-order chi connectivity index (χ0) is 11.3. The fourth-order valence-corrected chi connectivity index (χ4v) is 1.63. The first-order chi connectivity index (χ1) is 7.15. The van der Waals surface area contributed by atoms with Gasteiger partial charge in [-0.25, -0.2) is 4.98 Å². The van der Waals surface area contributed by atoms with Gasteiger partial charge in [-0.15, -0.1) is 0 Å². The SMILES string of the molecule is CCOc1cc(CC(Br)CC)nc(C)n1. The lowest BCUT2D eigenvalue weighted by atomic mass is 10.2. The van der Waals surface area contributed by atoms with Crippen LogP contribution in [0.2, 0.25) is 0 Å². The maximum absolute atomic E-state index is 5.38. The topological polar surface area (TPSA) is 35.0 Å². The Hall–Kier alpha value is -0.640. The second kappa shape index (κ2) is 6.05. The molecule has 0 amide bonds. The summed E-state index contributed by atoms with van der Waals surface area (Å²) in [6.45, 7) is 6.63. The Labute approximate surface area is 99.4 Å². The largest absolute Gasteiger partial charge is 0.478 e. The fourth-order valence-electron chi connectivity index (χ4n) is 1.30. The highest BCUT2D eigenvalue weighted by atomic mass is 79.9. The van der Waals surface area contributed by atoms with Gasteiger partial charge in [0.05, 0.1) is 6.61 Å². The summed E-state index contributed by atoms with van der Waals surface area (Å²) in [6.07, 6.45) is 2.01. The van der Waals surface area contributed by atoms with E-state index in [1.807, 2.05) is 19.9 Å². The molecule has 84 valence electrons. The minimum Gasteiger partial charge on any atom is -0.478 e. The van der Waals surface area contributed by atoms with Gasteiger partial charge in [0.1, 0.15) is 5.82 Å². The summed E-state index contributed by atoms with van der Waals surface area (Å²) in [6, 6.07) is 1.92. The smallest absolute Gasteiger partial charge is 0.216 e. The second-order valence-electron chi connectivity index (χ2n) is 3.39. The van der Waals surface area contributed by atoms with Gasteiger partial charge < -0.3 is 4.74 Å². The quantitative estimate of drug-likeness (QED) is 0.774. The van der Waals surface area contributed by atoms with Gasteiger partial charge in [0.15, 0.2) is 0 Å². The van der Waals surface area contributed by atoms with Gasteiger partial charge in [0, 0.05) is 23.0 Å². The third-order valence-corrected chi connectivity index (χ3v) is 3.00. The summed E-state index contributed by atoms with van der Waals surface area (Å²) in [4.78, 5) is 9.06. The van der Waals surface area contributed by atoms with Gasteiger partial charge in [-0.3, -0.25) is 0 Å². The summed E-state index contributed by atoms with van der Waals surface area (Å²) in [7, 11) is 0.